The second kappa shape index (κ2) is 9.26. The predicted octanol–water partition coefficient (Wildman–Crippen LogP) is 0.461. The van der Waals surface area contributed by atoms with Crippen molar-refractivity contribution in [3.63, 3.8) is 0 Å². The summed E-state index contributed by atoms with van der Waals surface area (Å²) in [6, 6.07) is 0. The van der Waals surface area contributed by atoms with Gasteiger partial charge in [-0.05, 0) is 19.3 Å². The maximum atomic E-state index is 12.9. The zero-order valence-electron chi connectivity index (χ0n) is 18.0. The number of likely N-dealkylation sites (tertiary alicyclic amines) is 1. The summed E-state index contributed by atoms with van der Waals surface area (Å²) < 4.78 is 5.38. The lowest BCUT2D eigenvalue weighted by Gasteiger charge is -2.34. The molecule has 1 N–H and O–H groups in total. The maximum absolute atomic E-state index is 12.9. The molecule has 1 aromatic rings. The van der Waals surface area contributed by atoms with Crippen LogP contribution in [0.1, 0.15) is 42.8 Å². The number of amides is 2. The Labute approximate surface area is 177 Å². The van der Waals surface area contributed by atoms with Crippen molar-refractivity contribution in [1.29, 1.82) is 0 Å². The average molecular weight is 417 g/mol. The standard InChI is InChI=1S/C21H32N6O3/c1-15(28)26-6-3-4-16(12-26)20-23-18-13-27(7-5-17(18)21(22-2)24-20)19(29)14-25-8-10-30-11-9-25/h16H,3-14H2,1-2H3,(H,22,23,24)/t16-/m1/s1. The van der Waals surface area contributed by atoms with Crippen LogP contribution in [-0.4, -0.2) is 96.0 Å². The number of morpholine rings is 1. The van der Waals surface area contributed by atoms with E-state index in [0.717, 1.165) is 61.8 Å². The van der Waals surface area contributed by atoms with Gasteiger partial charge in [-0.1, -0.05) is 0 Å². The summed E-state index contributed by atoms with van der Waals surface area (Å²) in [4.78, 5) is 40.4. The van der Waals surface area contributed by atoms with E-state index >= 15 is 0 Å². The molecule has 1 atom stereocenters. The highest BCUT2D eigenvalue weighted by molar-refractivity contribution is 5.78. The zero-order chi connectivity index (χ0) is 21.1. The Morgan fingerprint density at radius 1 is 1.13 bits per heavy atom. The molecule has 164 valence electrons. The van der Waals surface area contributed by atoms with Gasteiger partial charge >= 0.3 is 0 Å². The van der Waals surface area contributed by atoms with Crippen LogP contribution >= 0.6 is 0 Å². The molecule has 2 saturated heterocycles. The number of hydrogen-bond donors (Lipinski definition) is 1. The van der Waals surface area contributed by atoms with Crippen LogP contribution in [0.2, 0.25) is 0 Å². The Kier molecular flexibility index (Phi) is 6.48. The van der Waals surface area contributed by atoms with E-state index in [1.54, 1.807) is 6.92 Å². The molecule has 2 amide bonds. The number of anilines is 1. The van der Waals surface area contributed by atoms with Crippen molar-refractivity contribution in [1.82, 2.24) is 24.7 Å². The van der Waals surface area contributed by atoms with Gasteiger partial charge in [0.1, 0.15) is 11.6 Å². The van der Waals surface area contributed by atoms with Crippen molar-refractivity contribution in [3.8, 4) is 0 Å². The first kappa shape index (κ1) is 21.0. The van der Waals surface area contributed by atoms with E-state index in [1.165, 1.54) is 0 Å². The van der Waals surface area contributed by atoms with Crippen LogP contribution in [-0.2, 0) is 27.3 Å². The fourth-order valence-corrected chi connectivity index (χ4v) is 4.58. The van der Waals surface area contributed by atoms with Gasteiger partial charge in [-0.25, -0.2) is 9.97 Å². The number of nitrogens with one attached hydrogen (secondary N) is 1. The lowest BCUT2D eigenvalue weighted by molar-refractivity contribution is -0.134. The molecule has 0 saturated carbocycles. The van der Waals surface area contributed by atoms with Crippen molar-refractivity contribution < 1.29 is 14.3 Å². The van der Waals surface area contributed by atoms with Gasteiger partial charge in [-0.15, -0.1) is 0 Å². The number of fused-ring (bicyclic) bond motifs is 1. The first-order chi connectivity index (χ1) is 14.5. The maximum Gasteiger partial charge on any atom is 0.237 e. The van der Waals surface area contributed by atoms with E-state index < -0.39 is 0 Å². The Balaban J connectivity index is 1.50. The topological polar surface area (TPSA) is 90.9 Å². The highest BCUT2D eigenvalue weighted by Gasteiger charge is 2.30. The molecule has 9 heteroatoms. The SMILES string of the molecule is CNc1nc([C@@H]2CCCN(C(C)=O)C2)nc2c1CCN(C(=O)CN1CCOCC1)C2. The van der Waals surface area contributed by atoms with Gasteiger partial charge < -0.3 is 19.9 Å². The number of carbonyl (C=O) groups is 2. The third kappa shape index (κ3) is 4.57. The molecule has 3 aliphatic heterocycles. The molecule has 4 heterocycles. The minimum atomic E-state index is 0.103. The highest BCUT2D eigenvalue weighted by Crippen LogP contribution is 2.30. The lowest BCUT2D eigenvalue weighted by Crippen LogP contribution is -2.46. The Morgan fingerprint density at radius 3 is 2.67 bits per heavy atom. The molecular weight excluding hydrogens is 384 g/mol. The number of piperidine rings is 1. The highest BCUT2D eigenvalue weighted by atomic mass is 16.5. The Morgan fingerprint density at radius 2 is 1.93 bits per heavy atom. The fraction of sp³-hybridized carbons (Fsp3) is 0.714. The summed E-state index contributed by atoms with van der Waals surface area (Å²) in [5.74, 6) is 2.03. The largest absolute Gasteiger partial charge is 0.379 e. The second-order valence-electron chi connectivity index (χ2n) is 8.36. The van der Waals surface area contributed by atoms with Crippen molar-refractivity contribution in [2.24, 2.45) is 0 Å². The van der Waals surface area contributed by atoms with Crippen molar-refractivity contribution >= 4 is 17.6 Å². The van der Waals surface area contributed by atoms with Gasteiger partial charge in [0.15, 0.2) is 0 Å². The molecule has 4 rings (SSSR count). The number of aromatic nitrogens is 2. The van der Waals surface area contributed by atoms with E-state index in [2.05, 4.69) is 10.2 Å². The van der Waals surface area contributed by atoms with Crippen LogP contribution < -0.4 is 5.32 Å². The van der Waals surface area contributed by atoms with Crippen molar-refractivity contribution in [2.45, 2.75) is 38.6 Å². The minimum absolute atomic E-state index is 0.103. The number of nitrogens with zero attached hydrogens (tertiary/aromatic N) is 5. The molecule has 0 bridgehead atoms. The van der Waals surface area contributed by atoms with Gasteiger partial charge in [-0.2, -0.15) is 0 Å². The number of ether oxygens (including phenoxy) is 1. The van der Waals surface area contributed by atoms with Gasteiger partial charge in [0, 0.05) is 58.2 Å². The van der Waals surface area contributed by atoms with Crippen molar-refractivity contribution in [3.05, 3.63) is 17.1 Å². The number of hydrogen-bond acceptors (Lipinski definition) is 7. The average Bonchev–Trinajstić information content (AvgIpc) is 2.78. The van der Waals surface area contributed by atoms with E-state index in [-0.39, 0.29) is 17.7 Å². The molecule has 2 fully saturated rings. The van der Waals surface area contributed by atoms with Crippen LogP contribution in [0.25, 0.3) is 0 Å². The fourth-order valence-electron chi connectivity index (χ4n) is 4.58. The molecule has 1 aromatic heterocycles. The van der Waals surface area contributed by atoms with Gasteiger partial charge in [-0.3, -0.25) is 14.5 Å². The van der Waals surface area contributed by atoms with Gasteiger partial charge in [0.05, 0.1) is 32.0 Å². The van der Waals surface area contributed by atoms with E-state index in [0.29, 0.717) is 39.4 Å². The van der Waals surface area contributed by atoms with E-state index in [9.17, 15) is 9.59 Å². The van der Waals surface area contributed by atoms with Crippen LogP contribution in [0.3, 0.4) is 0 Å². The first-order valence-electron chi connectivity index (χ1n) is 11.0. The quantitative estimate of drug-likeness (QED) is 0.763. The minimum Gasteiger partial charge on any atom is -0.379 e. The molecule has 30 heavy (non-hydrogen) atoms. The van der Waals surface area contributed by atoms with Crippen molar-refractivity contribution in [2.75, 3.05) is 64.8 Å². The van der Waals surface area contributed by atoms with Crippen LogP contribution in [0.4, 0.5) is 5.82 Å². The van der Waals surface area contributed by atoms with Crippen LogP contribution in [0.15, 0.2) is 0 Å². The number of rotatable bonds is 4. The van der Waals surface area contributed by atoms with E-state index in [1.807, 2.05) is 16.8 Å². The third-order valence-electron chi connectivity index (χ3n) is 6.37. The van der Waals surface area contributed by atoms with Crippen LogP contribution in [0, 0.1) is 0 Å². The predicted molar refractivity (Wildman–Crippen MR) is 112 cm³/mol. The molecule has 0 spiro atoms. The third-order valence-corrected chi connectivity index (χ3v) is 6.37. The van der Waals surface area contributed by atoms with Gasteiger partial charge in [0.25, 0.3) is 0 Å². The molecule has 0 radical (unpaired) electrons. The van der Waals surface area contributed by atoms with Gasteiger partial charge in [0.2, 0.25) is 11.8 Å². The van der Waals surface area contributed by atoms with E-state index in [4.69, 9.17) is 14.7 Å². The summed E-state index contributed by atoms with van der Waals surface area (Å²) in [5.41, 5.74) is 2.04. The van der Waals surface area contributed by atoms with Crippen LogP contribution in [0.5, 0.6) is 0 Å². The molecule has 3 aliphatic rings. The summed E-state index contributed by atoms with van der Waals surface area (Å²) >= 11 is 0. The normalized spacial score (nSPS) is 22.5. The lowest BCUT2D eigenvalue weighted by atomic mass is 9.96. The molecular formula is C21H32N6O3. The Hall–Kier alpha value is -2.26. The Bertz CT molecular complexity index is 795. The summed E-state index contributed by atoms with van der Waals surface area (Å²) in [5, 5.41) is 3.22. The smallest absolute Gasteiger partial charge is 0.237 e. The molecule has 0 aromatic carbocycles. The monoisotopic (exact) mass is 416 g/mol. The summed E-state index contributed by atoms with van der Waals surface area (Å²) in [6.07, 6.45) is 2.69. The number of carbonyl (C=O) groups excluding carboxylic acids is 2. The summed E-state index contributed by atoms with van der Waals surface area (Å²) in [7, 11) is 1.88. The molecule has 0 aliphatic carbocycles. The summed E-state index contributed by atoms with van der Waals surface area (Å²) in [6.45, 7) is 7.73. The second-order valence-corrected chi connectivity index (χ2v) is 8.36. The molecule has 9 nitrogen and oxygen atoms in total. The molecule has 0 unspecified atom stereocenters. The first-order valence-corrected chi connectivity index (χ1v) is 11.0. The zero-order valence-corrected chi connectivity index (χ0v) is 18.0.